The van der Waals surface area contributed by atoms with Crippen molar-refractivity contribution in [3.63, 3.8) is 0 Å². The van der Waals surface area contributed by atoms with Gasteiger partial charge in [-0.25, -0.2) is 0 Å². The van der Waals surface area contributed by atoms with E-state index in [2.05, 4.69) is 327 Å². The minimum absolute atomic E-state index is 0. The number of rotatable bonds is 10. The fourth-order valence-corrected chi connectivity index (χ4v) is 30.6. The van der Waals surface area contributed by atoms with Crippen LogP contribution in [0.1, 0.15) is 11.1 Å². The van der Waals surface area contributed by atoms with Crippen molar-refractivity contribution in [1.29, 1.82) is 0 Å². The SMILES string of the molecule is [Au+].[Au+].[C-]#Cc1ccc2c(c1)-c1ccccc1[Si]2(c1ccccc1)c1ccccc1.[C-]#Cc1ccc2c(c1)-c1ccccc1[Si]2(c1ccccc1)c1ccccc1.c1ccc([PH+](C[PH+](c2ccccc2)c2ccccc2)c2ccccc2)cc1. The third kappa shape index (κ3) is 11.5. The maximum Gasteiger partial charge on any atom is 1.00 e. The first-order valence-electron chi connectivity index (χ1n) is 27.6. The fraction of sp³-hybridized carbons (Fsp3) is 0.0130. The minimum atomic E-state index is -2.35. The van der Waals surface area contributed by atoms with Crippen LogP contribution in [0.15, 0.2) is 328 Å². The topological polar surface area (TPSA) is 0 Å². The third-order valence-corrected chi connectivity index (χ3v) is 32.8. The zero-order valence-corrected chi connectivity index (χ0v) is 53.8. The van der Waals surface area contributed by atoms with Crippen LogP contribution in [0, 0.1) is 24.7 Å². The number of fused-ring (bicyclic) bond motifs is 6. The molecule has 2 heterocycles. The molecule has 0 saturated heterocycles. The Morgan fingerprint density at radius 3 is 0.747 bits per heavy atom. The van der Waals surface area contributed by atoms with E-state index in [4.69, 9.17) is 12.8 Å². The van der Waals surface area contributed by atoms with Gasteiger partial charge in [-0.15, -0.1) is 35.4 Å². The summed E-state index contributed by atoms with van der Waals surface area (Å²) >= 11 is 0. The van der Waals surface area contributed by atoms with Gasteiger partial charge in [-0.1, -0.05) is 255 Å². The Labute approximate surface area is 526 Å². The van der Waals surface area contributed by atoms with Crippen molar-refractivity contribution < 1.29 is 44.8 Å². The van der Waals surface area contributed by atoms with E-state index in [0.717, 1.165) is 11.1 Å². The van der Waals surface area contributed by atoms with E-state index in [0.29, 0.717) is 0 Å². The molecular formula is C77H58Au2P2Si2+2. The summed E-state index contributed by atoms with van der Waals surface area (Å²) in [6.07, 6.45) is 15.2. The minimum Gasteiger partial charge on any atom is -0.366 e. The largest absolute Gasteiger partial charge is 1.00 e. The zero-order chi connectivity index (χ0) is 54.9. The summed E-state index contributed by atoms with van der Waals surface area (Å²) in [5.41, 5.74) is 6.75. The molecule has 12 aromatic carbocycles. The molecule has 14 rings (SSSR count). The molecule has 6 heteroatoms. The Kier molecular flexibility index (Phi) is 19.3. The van der Waals surface area contributed by atoms with E-state index < -0.39 is 32.0 Å². The fourth-order valence-electron chi connectivity index (χ4n) is 12.5. The van der Waals surface area contributed by atoms with Crippen molar-refractivity contribution in [3.8, 4) is 34.1 Å². The van der Waals surface area contributed by atoms with Crippen molar-refractivity contribution >= 4 is 94.7 Å². The van der Waals surface area contributed by atoms with Gasteiger partial charge in [0, 0.05) is 0 Å². The monoisotopic (exact) mass is 1490 g/mol. The number of hydrogen-bond donors (Lipinski definition) is 0. The second kappa shape index (κ2) is 27.3. The first kappa shape index (κ1) is 58.7. The van der Waals surface area contributed by atoms with E-state index >= 15 is 0 Å². The van der Waals surface area contributed by atoms with Crippen molar-refractivity contribution in [2.45, 2.75) is 0 Å². The molecule has 0 N–H and O–H groups in total. The Hall–Kier alpha value is -7.47. The molecule has 2 aliphatic rings. The Morgan fingerprint density at radius 1 is 0.253 bits per heavy atom. The Balaban J connectivity index is 0.000000137. The van der Waals surface area contributed by atoms with Gasteiger partial charge in [0.25, 0.3) is 0 Å². The van der Waals surface area contributed by atoms with Crippen LogP contribution in [0.3, 0.4) is 0 Å². The Bertz CT molecular complexity index is 3730. The predicted molar refractivity (Wildman–Crippen MR) is 356 cm³/mol. The summed E-state index contributed by atoms with van der Waals surface area (Å²) in [4.78, 5) is 0. The van der Waals surface area contributed by atoms with Crippen LogP contribution in [0.4, 0.5) is 0 Å². The molecule has 0 unspecified atom stereocenters. The van der Waals surface area contributed by atoms with E-state index in [1.807, 2.05) is 12.1 Å². The summed E-state index contributed by atoms with van der Waals surface area (Å²) < 4.78 is 0. The molecule has 404 valence electrons. The van der Waals surface area contributed by atoms with E-state index in [1.165, 1.54) is 90.9 Å². The molecule has 0 amide bonds. The van der Waals surface area contributed by atoms with Crippen molar-refractivity contribution in [2.24, 2.45) is 0 Å². The molecule has 0 spiro atoms. The molecule has 0 nitrogen and oxygen atoms in total. The predicted octanol–water partition coefficient (Wildman–Crippen LogP) is 10.6. The summed E-state index contributed by atoms with van der Waals surface area (Å²) in [6, 6.07) is 119. The van der Waals surface area contributed by atoms with Gasteiger partial charge in [0.1, 0.15) is 37.1 Å². The summed E-state index contributed by atoms with van der Waals surface area (Å²) in [5.74, 6) is 6.37. The van der Waals surface area contributed by atoms with Gasteiger partial charge in [-0.3, -0.25) is 11.8 Å². The summed E-state index contributed by atoms with van der Waals surface area (Å²) in [7, 11) is -6.40. The first-order chi connectivity index (χ1) is 40.1. The van der Waals surface area contributed by atoms with Crippen LogP contribution < -0.4 is 62.7 Å². The van der Waals surface area contributed by atoms with Crippen molar-refractivity contribution in [1.82, 2.24) is 0 Å². The van der Waals surface area contributed by atoms with Gasteiger partial charge >= 0.3 is 44.8 Å². The normalized spacial score (nSPS) is 12.3. The smallest absolute Gasteiger partial charge is 0.366 e. The maximum absolute atomic E-state index is 7.58. The second-order valence-electron chi connectivity index (χ2n) is 20.4. The molecule has 0 atom stereocenters. The van der Waals surface area contributed by atoms with Gasteiger partial charge in [0.15, 0.2) is 22.1 Å². The number of benzene rings is 12. The van der Waals surface area contributed by atoms with Gasteiger partial charge < -0.3 is 12.8 Å². The molecule has 83 heavy (non-hydrogen) atoms. The molecule has 12 aromatic rings. The van der Waals surface area contributed by atoms with Gasteiger partial charge in [0.05, 0.1) is 0 Å². The Morgan fingerprint density at radius 2 is 0.482 bits per heavy atom. The molecule has 0 fully saturated rings. The molecule has 2 aliphatic heterocycles. The standard InChI is InChI=1S/2C26H17Si.C25H22P2.2Au/c2*1-2-20-17-18-26-24(19-20)23-15-9-10-16-25(23)27(26,21-11-5-3-6-12-21)22-13-7-4-8-14-22;1-5-13-22(14-6-1)26(23-15-7-2-8-16-23)21-27(24-17-9-3-10-18-24)25-19-11-4-12-20-25;;/h2*3-19H;1-20H,21H2;;/q2*-1;;2*+1/p+2. The van der Waals surface area contributed by atoms with Crippen LogP contribution >= 0.6 is 15.8 Å². The zero-order valence-electron chi connectivity index (χ0n) is 45.5. The third-order valence-electron chi connectivity index (χ3n) is 16.0. The molecule has 0 aliphatic carbocycles. The van der Waals surface area contributed by atoms with E-state index in [9.17, 15) is 0 Å². The maximum atomic E-state index is 7.58. The molecule has 0 bridgehead atoms. The van der Waals surface area contributed by atoms with Crippen LogP contribution in [0.5, 0.6) is 0 Å². The van der Waals surface area contributed by atoms with Crippen molar-refractivity contribution in [2.75, 3.05) is 5.90 Å². The van der Waals surface area contributed by atoms with Crippen LogP contribution in [0.2, 0.25) is 0 Å². The average Bonchev–Trinajstić information content (AvgIpc) is 1.84. The summed E-state index contributed by atoms with van der Waals surface area (Å²) in [6.45, 7) is 0. The quantitative estimate of drug-likeness (QED) is 0.0554. The van der Waals surface area contributed by atoms with Crippen LogP contribution in [0.25, 0.3) is 22.3 Å². The number of hydrogen-bond acceptors (Lipinski definition) is 0. The van der Waals surface area contributed by atoms with Crippen LogP contribution in [-0.4, -0.2) is 22.1 Å². The van der Waals surface area contributed by atoms with E-state index in [-0.39, 0.29) is 44.8 Å². The second-order valence-corrected chi connectivity index (χ2v) is 33.5. The van der Waals surface area contributed by atoms with Gasteiger partial charge in [0.2, 0.25) is 0 Å². The average molecular weight is 1500 g/mol. The van der Waals surface area contributed by atoms with Crippen molar-refractivity contribution in [3.05, 3.63) is 352 Å². The van der Waals surface area contributed by atoms with E-state index in [1.54, 1.807) is 0 Å². The summed E-state index contributed by atoms with van der Waals surface area (Å²) in [5, 5.41) is 17.3. The molecule has 0 saturated carbocycles. The molecule has 0 aromatic heterocycles. The van der Waals surface area contributed by atoms with Crippen LogP contribution in [-0.2, 0) is 44.8 Å². The molecular weight excluding hydrogens is 1440 g/mol. The molecule has 0 radical (unpaired) electrons. The van der Waals surface area contributed by atoms with Gasteiger partial charge in [-0.05, 0) is 112 Å². The first-order valence-corrected chi connectivity index (χ1v) is 35.0. The van der Waals surface area contributed by atoms with Gasteiger partial charge in [-0.2, -0.15) is 0 Å².